The Balaban J connectivity index is -0.0000000267. The van der Waals surface area contributed by atoms with Crippen molar-refractivity contribution in [2.24, 2.45) is 0 Å². The third-order valence-electron chi connectivity index (χ3n) is 0. The molecule has 0 aromatic rings. The van der Waals surface area contributed by atoms with E-state index in [0.29, 0.717) is 0 Å². The van der Waals surface area contributed by atoms with Crippen LogP contribution in [-0.2, 0) is 4.57 Å². The van der Waals surface area contributed by atoms with E-state index in [1.165, 1.54) is 0 Å². The molecule has 8 heteroatoms. The van der Waals surface area contributed by atoms with Crippen molar-refractivity contribution in [3.05, 3.63) is 0 Å². The molecular formula is H8ClKNO4P. The van der Waals surface area contributed by atoms with Crippen molar-refractivity contribution in [2.75, 3.05) is 0 Å². The summed E-state index contributed by atoms with van der Waals surface area (Å²) in [7, 11) is -4.64. The Kier molecular flexibility index (Phi) is 25.3. The fourth-order valence-corrected chi connectivity index (χ4v) is 0. The van der Waals surface area contributed by atoms with E-state index in [4.69, 9.17) is 19.2 Å². The van der Waals surface area contributed by atoms with Crippen LogP contribution in [0.4, 0.5) is 0 Å². The Morgan fingerprint density at radius 2 is 1.12 bits per heavy atom. The molecule has 0 atom stereocenters. The summed E-state index contributed by atoms with van der Waals surface area (Å²) >= 11 is 0. The number of halogens is 1. The van der Waals surface area contributed by atoms with Gasteiger partial charge in [0.15, 0.2) is 0 Å². The SMILES string of the molecule is Cl.N.O=P(O)(O)O.[KH]. The first-order valence-corrected chi connectivity index (χ1v) is 2.35. The molecule has 0 radical (unpaired) electrons. The molecule has 8 heavy (non-hydrogen) atoms. The van der Waals surface area contributed by atoms with Crippen molar-refractivity contribution in [1.29, 1.82) is 0 Å². The van der Waals surface area contributed by atoms with Crippen LogP contribution < -0.4 is 6.15 Å². The minimum atomic E-state index is -4.64. The van der Waals surface area contributed by atoms with Gasteiger partial charge in [-0.05, 0) is 0 Å². The standard InChI is InChI=1S/ClH.K.H3N.H3O4P.H/c;;;1-5(2,3)4;/h1H;;1H3;(H3,1,2,3,4);. The molecule has 0 unspecified atom stereocenters. The maximum atomic E-state index is 8.88. The van der Waals surface area contributed by atoms with Crippen LogP contribution in [0.1, 0.15) is 0 Å². The van der Waals surface area contributed by atoms with Crippen LogP contribution in [0.2, 0.25) is 0 Å². The van der Waals surface area contributed by atoms with Gasteiger partial charge in [-0.25, -0.2) is 4.57 Å². The third kappa shape index (κ3) is 98.2. The van der Waals surface area contributed by atoms with Crippen molar-refractivity contribution in [1.82, 2.24) is 6.15 Å². The van der Waals surface area contributed by atoms with Gasteiger partial charge in [0.05, 0.1) is 0 Å². The molecule has 0 heterocycles. The summed E-state index contributed by atoms with van der Waals surface area (Å²) in [6.07, 6.45) is 0. The Morgan fingerprint density at radius 1 is 1.12 bits per heavy atom. The van der Waals surface area contributed by atoms with Gasteiger partial charge in [-0.2, -0.15) is 0 Å². The molecule has 0 spiro atoms. The molecule has 0 fully saturated rings. The van der Waals surface area contributed by atoms with Gasteiger partial charge in [0, 0.05) is 0 Å². The zero-order valence-corrected chi connectivity index (χ0v) is 5.02. The number of rotatable bonds is 0. The van der Waals surface area contributed by atoms with Gasteiger partial charge in [-0.3, -0.25) is 0 Å². The molecular weight excluding hydrogens is 184 g/mol. The molecule has 0 rings (SSSR count). The van der Waals surface area contributed by atoms with E-state index in [2.05, 4.69) is 0 Å². The van der Waals surface area contributed by atoms with Crippen LogP contribution in [-0.4, -0.2) is 66.1 Å². The van der Waals surface area contributed by atoms with Gasteiger partial charge in [0.25, 0.3) is 0 Å². The predicted molar refractivity (Wildman–Crippen MR) is 33.7 cm³/mol. The molecule has 0 saturated heterocycles. The Bertz CT molecular complexity index is 62.2. The van der Waals surface area contributed by atoms with Gasteiger partial charge in [-0.1, -0.05) is 0 Å². The molecule has 50 valence electrons. The molecule has 0 aliphatic heterocycles. The molecule has 0 saturated carbocycles. The first-order valence-electron chi connectivity index (χ1n) is 0.783. The Hall–Kier alpha value is 2.00. The average molecular weight is 192 g/mol. The van der Waals surface area contributed by atoms with Crippen molar-refractivity contribution in [3.8, 4) is 0 Å². The monoisotopic (exact) mass is 191 g/mol. The van der Waals surface area contributed by atoms with Crippen LogP contribution in [0, 0.1) is 0 Å². The number of hydrogen-bond acceptors (Lipinski definition) is 2. The van der Waals surface area contributed by atoms with Gasteiger partial charge in [-0.15, -0.1) is 12.4 Å². The summed E-state index contributed by atoms with van der Waals surface area (Å²) in [4.78, 5) is 21.6. The van der Waals surface area contributed by atoms with E-state index in [1.54, 1.807) is 0 Å². The molecule has 5 nitrogen and oxygen atoms in total. The van der Waals surface area contributed by atoms with Gasteiger partial charge < -0.3 is 20.8 Å². The number of hydrogen-bond donors (Lipinski definition) is 4. The quantitative estimate of drug-likeness (QED) is 0.290. The summed E-state index contributed by atoms with van der Waals surface area (Å²) in [5.74, 6) is 0. The van der Waals surface area contributed by atoms with Gasteiger partial charge in [0.2, 0.25) is 0 Å². The summed E-state index contributed by atoms with van der Waals surface area (Å²) < 4.78 is 8.88. The summed E-state index contributed by atoms with van der Waals surface area (Å²) in [6.45, 7) is 0. The summed E-state index contributed by atoms with van der Waals surface area (Å²) in [5.41, 5.74) is 0. The van der Waals surface area contributed by atoms with Crippen LogP contribution >= 0.6 is 20.2 Å². The average Bonchev–Trinajstić information content (AvgIpc) is 0.722. The molecule has 0 aromatic heterocycles. The number of phosphoric acid groups is 1. The van der Waals surface area contributed by atoms with E-state index in [9.17, 15) is 0 Å². The van der Waals surface area contributed by atoms with E-state index < -0.39 is 7.82 Å². The van der Waals surface area contributed by atoms with Crippen LogP contribution in [0.15, 0.2) is 0 Å². The van der Waals surface area contributed by atoms with Crippen LogP contribution in [0.25, 0.3) is 0 Å². The van der Waals surface area contributed by atoms with E-state index in [0.717, 1.165) is 0 Å². The zero-order valence-electron chi connectivity index (χ0n) is 3.31. The minimum absolute atomic E-state index is 0. The molecule has 0 aliphatic rings. The van der Waals surface area contributed by atoms with E-state index in [-0.39, 0.29) is 69.9 Å². The van der Waals surface area contributed by atoms with Crippen molar-refractivity contribution in [2.45, 2.75) is 0 Å². The predicted octanol–water partition coefficient (Wildman–Crippen LogP) is -0.993. The molecule has 0 bridgehead atoms. The van der Waals surface area contributed by atoms with Crippen LogP contribution in [0.3, 0.4) is 0 Å². The zero-order chi connectivity index (χ0) is 4.50. The fourth-order valence-electron chi connectivity index (χ4n) is 0. The summed E-state index contributed by atoms with van der Waals surface area (Å²) in [5, 5.41) is 0. The Morgan fingerprint density at radius 3 is 1.12 bits per heavy atom. The molecule has 6 N–H and O–H groups in total. The van der Waals surface area contributed by atoms with Crippen molar-refractivity contribution in [3.63, 3.8) is 0 Å². The topological polar surface area (TPSA) is 113 Å². The first-order chi connectivity index (χ1) is 2.00. The first kappa shape index (κ1) is 22.5. The van der Waals surface area contributed by atoms with Crippen LogP contribution in [0.5, 0.6) is 0 Å². The second-order valence-corrected chi connectivity index (χ2v) is 1.54. The molecule has 0 aliphatic carbocycles. The molecule has 0 aromatic carbocycles. The normalized spacial score (nSPS) is 7.38. The van der Waals surface area contributed by atoms with E-state index >= 15 is 0 Å². The second-order valence-electron chi connectivity index (χ2n) is 0.513. The van der Waals surface area contributed by atoms with Gasteiger partial charge >= 0.3 is 59.2 Å². The van der Waals surface area contributed by atoms with Crippen molar-refractivity contribution < 1.29 is 19.2 Å². The summed E-state index contributed by atoms with van der Waals surface area (Å²) in [6, 6.07) is 0. The molecule has 0 amide bonds. The van der Waals surface area contributed by atoms with Gasteiger partial charge in [0.1, 0.15) is 0 Å². The third-order valence-corrected chi connectivity index (χ3v) is 0. The van der Waals surface area contributed by atoms with Crippen molar-refractivity contribution >= 4 is 71.6 Å². The Labute approximate surface area is 95.5 Å². The van der Waals surface area contributed by atoms with E-state index in [1.807, 2.05) is 0 Å². The second kappa shape index (κ2) is 9.00. The maximum absolute atomic E-state index is 8.88. The fraction of sp³-hybridized carbons (Fsp3) is 0.